The Labute approximate surface area is 130 Å². The summed E-state index contributed by atoms with van der Waals surface area (Å²) in [5.74, 6) is 0.173. The molecule has 2 nitrogen and oxygen atoms in total. The average Bonchev–Trinajstić information content (AvgIpc) is 2.49. The van der Waals surface area contributed by atoms with Crippen LogP contribution >= 0.6 is 15.9 Å². The van der Waals surface area contributed by atoms with Gasteiger partial charge in [-0.1, -0.05) is 48.7 Å². The van der Waals surface area contributed by atoms with Crippen LogP contribution in [0.25, 0.3) is 0 Å². The number of likely N-dealkylation sites (tertiary alicyclic amines) is 1. The standard InChI is InChI=1S/C17H24BrNO/c1-4-17(5-2)8-10-19(11-9-17)16(20)14-7-6-13(3)15(18)12-14/h6-7,12H,4-5,8-11H2,1-3H3. The maximum Gasteiger partial charge on any atom is 0.253 e. The average molecular weight is 338 g/mol. The number of halogens is 1. The summed E-state index contributed by atoms with van der Waals surface area (Å²) < 4.78 is 1.01. The minimum Gasteiger partial charge on any atom is -0.339 e. The minimum atomic E-state index is 0.173. The van der Waals surface area contributed by atoms with Gasteiger partial charge in [-0.3, -0.25) is 4.79 Å². The summed E-state index contributed by atoms with van der Waals surface area (Å²) in [6.45, 7) is 8.38. The summed E-state index contributed by atoms with van der Waals surface area (Å²) in [5, 5.41) is 0. The predicted octanol–water partition coefficient (Wildman–Crippen LogP) is 4.80. The lowest BCUT2D eigenvalue weighted by Crippen LogP contribution is -2.42. The second kappa shape index (κ2) is 6.30. The largest absolute Gasteiger partial charge is 0.339 e. The van der Waals surface area contributed by atoms with Crippen LogP contribution in [0.2, 0.25) is 0 Å². The Morgan fingerprint density at radius 1 is 1.25 bits per heavy atom. The Morgan fingerprint density at radius 3 is 2.35 bits per heavy atom. The summed E-state index contributed by atoms with van der Waals surface area (Å²) in [4.78, 5) is 14.6. The molecule has 1 amide bonds. The summed E-state index contributed by atoms with van der Waals surface area (Å²) in [7, 11) is 0. The van der Waals surface area contributed by atoms with Gasteiger partial charge in [0.15, 0.2) is 0 Å². The zero-order valence-corrected chi connectivity index (χ0v) is 14.3. The van der Waals surface area contributed by atoms with Gasteiger partial charge >= 0.3 is 0 Å². The number of amides is 1. The van der Waals surface area contributed by atoms with E-state index in [9.17, 15) is 4.79 Å². The highest BCUT2D eigenvalue weighted by Crippen LogP contribution is 2.38. The van der Waals surface area contributed by atoms with Gasteiger partial charge in [-0.05, 0) is 42.9 Å². The molecule has 1 aliphatic rings. The Hall–Kier alpha value is -0.830. The first-order valence-corrected chi connectivity index (χ1v) is 8.36. The molecule has 2 rings (SSSR count). The van der Waals surface area contributed by atoms with E-state index in [1.807, 2.05) is 30.0 Å². The number of aryl methyl sites for hydroxylation is 1. The summed E-state index contributed by atoms with van der Waals surface area (Å²) in [6, 6.07) is 5.88. The zero-order valence-electron chi connectivity index (χ0n) is 12.7. The van der Waals surface area contributed by atoms with E-state index in [0.717, 1.165) is 41.5 Å². The van der Waals surface area contributed by atoms with Crippen LogP contribution < -0.4 is 0 Å². The topological polar surface area (TPSA) is 20.3 Å². The molecule has 0 bridgehead atoms. The number of nitrogens with zero attached hydrogens (tertiary/aromatic N) is 1. The number of carbonyl (C=O) groups is 1. The molecule has 0 atom stereocenters. The van der Waals surface area contributed by atoms with Crippen molar-refractivity contribution in [1.29, 1.82) is 0 Å². The van der Waals surface area contributed by atoms with Crippen molar-refractivity contribution in [1.82, 2.24) is 4.90 Å². The normalized spacial score (nSPS) is 18.1. The molecular formula is C17H24BrNO. The van der Waals surface area contributed by atoms with Crippen LogP contribution in [0.5, 0.6) is 0 Å². The van der Waals surface area contributed by atoms with E-state index >= 15 is 0 Å². The lowest BCUT2D eigenvalue weighted by atomic mass is 9.74. The van der Waals surface area contributed by atoms with Gasteiger partial charge in [-0.15, -0.1) is 0 Å². The van der Waals surface area contributed by atoms with Gasteiger partial charge in [0.2, 0.25) is 0 Å². The molecule has 0 aliphatic carbocycles. The maximum atomic E-state index is 12.6. The predicted molar refractivity (Wildman–Crippen MR) is 87.0 cm³/mol. The van der Waals surface area contributed by atoms with Gasteiger partial charge in [-0.2, -0.15) is 0 Å². The summed E-state index contributed by atoms with van der Waals surface area (Å²) in [6.07, 6.45) is 4.72. The number of piperidine rings is 1. The Bertz CT molecular complexity index is 484. The molecule has 1 heterocycles. The fourth-order valence-electron chi connectivity index (χ4n) is 3.05. The lowest BCUT2D eigenvalue weighted by Gasteiger charge is -2.41. The van der Waals surface area contributed by atoms with Gasteiger partial charge < -0.3 is 4.90 Å². The third-order valence-electron chi connectivity index (χ3n) is 5.03. The van der Waals surface area contributed by atoms with Crippen molar-refractivity contribution >= 4 is 21.8 Å². The molecule has 0 spiro atoms. The second-order valence-corrected chi connectivity index (χ2v) is 6.82. The van der Waals surface area contributed by atoms with Crippen LogP contribution in [0.1, 0.15) is 55.5 Å². The fourth-order valence-corrected chi connectivity index (χ4v) is 3.43. The van der Waals surface area contributed by atoms with Gasteiger partial charge in [0, 0.05) is 23.1 Å². The molecule has 20 heavy (non-hydrogen) atoms. The fraction of sp³-hybridized carbons (Fsp3) is 0.588. The van der Waals surface area contributed by atoms with E-state index in [1.54, 1.807) is 0 Å². The molecular weight excluding hydrogens is 314 g/mol. The van der Waals surface area contributed by atoms with Gasteiger partial charge in [0.25, 0.3) is 5.91 Å². The van der Waals surface area contributed by atoms with Crippen LogP contribution in [0.3, 0.4) is 0 Å². The molecule has 1 saturated heterocycles. The minimum absolute atomic E-state index is 0.173. The molecule has 0 radical (unpaired) electrons. The van der Waals surface area contributed by atoms with Crippen LogP contribution in [0.15, 0.2) is 22.7 Å². The van der Waals surface area contributed by atoms with Crippen molar-refractivity contribution in [3.8, 4) is 0 Å². The number of benzene rings is 1. The monoisotopic (exact) mass is 337 g/mol. The first kappa shape index (κ1) is 15.6. The highest BCUT2D eigenvalue weighted by atomic mass is 79.9. The van der Waals surface area contributed by atoms with Crippen LogP contribution in [-0.4, -0.2) is 23.9 Å². The number of rotatable bonds is 3. The SMILES string of the molecule is CCC1(CC)CCN(C(=O)c2ccc(C)c(Br)c2)CC1. The van der Waals surface area contributed by atoms with Crippen molar-refractivity contribution in [3.63, 3.8) is 0 Å². The van der Waals surface area contributed by atoms with Crippen LogP contribution in [-0.2, 0) is 0 Å². The van der Waals surface area contributed by atoms with Crippen molar-refractivity contribution in [2.24, 2.45) is 5.41 Å². The van der Waals surface area contributed by atoms with Gasteiger partial charge in [-0.25, -0.2) is 0 Å². The number of hydrogen-bond donors (Lipinski definition) is 0. The van der Waals surface area contributed by atoms with Crippen LogP contribution in [0, 0.1) is 12.3 Å². The molecule has 0 unspecified atom stereocenters. The molecule has 1 aromatic rings. The van der Waals surface area contributed by atoms with Crippen molar-refractivity contribution < 1.29 is 4.79 Å². The van der Waals surface area contributed by atoms with Gasteiger partial charge in [0.05, 0.1) is 0 Å². The highest BCUT2D eigenvalue weighted by Gasteiger charge is 2.33. The molecule has 1 fully saturated rings. The van der Waals surface area contributed by atoms with E-state index in [-0.39, 0.29) is 5.91 Å². The van der Waals surface area contributed by atoms with E-state index in [2.05, 4.69) is 29.8 Å². The van der Waals surface area contributed by atoms with E-state index in [1.165, 1.54) is 12.8 Å². The number of carbonyl (C=O) groups excluding carboxylic acids is 1. The van der Waals surface area contributed by atoms with Crippen LogP contribution in [0.4, 0.5) is 0 Å². The lowest BCUT2D eigenvalue weighted by molar-refractivity contribution is 0.0557. The first-order chi connectivity index (χ1) is 9.51. The zero-order chi connectivity index (χ0) is 14.8. The molecule has 0 saturated carbocycles. The molecule has 3 heteroatoms. The third kappa shape index (κ3) is 3.08. The molecule has 110 valence electrons. The van der Waals surface area contributed by atoms with Crippen molar-refractivity contribution in [3.05, 3.63) is 33.8 Å². The molecule has 0 aromatic heterocycles. The summed E-state index contributed by atoms with van der Waals surface area (Å²) >= 11 is 3.51. The van der Waals surface area contributed by atoms with Crippen molar-refractivity contribution in [2.45, 2.75) is 46.5 Å². The van der Waals surface area contributed by atoms with E-state index in [0.29, 0.717) is 5.41 Å². The Balaban J connectivity index is 2.06. The molecule has 1 aromatic carbocycles. The Morgan fingerprint density at radius 2 is 1.85 bits per heavy atom. The van der Waals surface area contributed by atoms with Crippen molar-refractivity contribution in [2.75, 3.05) is 13.1 Å². The molecule has 0 N–H and O–H groups in total. The maximum absolute atomic E-state index is 12.6. The van der Waals surface area contributed by atoms with E-state index in [4.69, 9.17) is 0 Å². The summed E-state index contributed by atoms with van der Waals surface area (Å²) in [5.41, 5.74) is 2.42. The Kier molecular flexibility index (Phi) is 4.90. The number of hydrogen-bond acceptors (Lipinski definition) is 1. The smallest absolute Gasteiger partial charge is 0.253 e. The third-order valence-corrected chi connectivity index (χ3v) is 5.88. The quantitative estimate of drug-likeness (QED) is 0.775. The van der Waals surface area contributed by atoms with E-state index < -0.39 is 0 Å². The first-order valence-electron chi connectivity index (χ1n) is 7.57. The molecule has 1 aliphatic heterocycles. The van der Waals surface area contributed by atoms with Gasteiger partial charge in [0.1, 0.15) is 0 Å². The second-order valence-electron chi connectivity index (χ2n) is 5.96. The highest BCUT2D eigenvalue weighted by molar-refractivity contribution is 9.10.